The molecule has 2 bridgehead atoms. The molecular formula is C19H27IN+. The summed E-state index contributed by atoms with van der Waals surface area (Å²) in [7, 11) is 4.74. The minimum absolute atomic E-state index is 0.549. The van der Waals surface area contributed by atoms with Crippen LogP contribution in [-0.4, -0.2) is 25.1 Å². The molecule has 0 radical (unpaired) electrons. The molecule has 1 nitrogen and oxygen atoms in total. The summed E-state index contributed by atoms with van der Waals surface area (Å²) < 4.78 is 2.38. The van der Waals surface area contributed by atoms with Gasteiger partial charge in [0.05, 0.1) is 14.1 Å². The molecule has 0 N–H and O–H groups in total. The Hall–Kier alpha value is -0.350. The maximum Gasteiger partial charge on any atom is 0.104 e. The number of quaternary nitrogens is 1. The van der Waals surface area contributed by atoms with Gasteiger partial charge in [-0.2, -0.15) is 0 Å². The smallest absolute Gasteiger partial charge is 0.104 e. The molecule has 1 saturated carbocycles. The van der Waals surface area contributed by atoms with E-state index >= 15 is 0 Å². The van der Waals surface area contributed by atoms with Crippen LogP contribution in [0.25, 0.3) is 0 Å². The molecule has 2 heteroatoms. The highest BCUT2D eigenvalue weighted by atomic mass is 127. The molecule has 0 aliphatic heterocycles. The average molecular weight is 396 g/mol. The molecule has 0 saturated heterocycles. The Bertz CT molecular complexity index is 553. The first-order valence-electron chi connectivity index (χ1n) is 8.03. The first-order valence-corrected chi connectivity index (χ1v) is 9.11. The highest BCUT2D eigenvalue weighted by molar-refractivity contribution is 14.1. The predicted octanol–water partition coefficient (Wildman–Crippen LogP) is 4.86. The number of benzene rings is 1. The number of rotatable bonds is 4. The van der Waals surface area contributed by atoms with E-state index in [2.05, 4.69) is 80.9 Å². The Kier molecular flexibility index (Phi) is 3.98. The number of hydrogen-bond donors (Lipinski definition) is 0. The van der Waals surface area contributed by atoms with Crippen molar-refractivity contribution >= 4 is 22.6 Å². The third-order valence-corrected chi connectivity index (χ3v) is 6.44. The van der Waals surface area contributed by atoms with Crippen LogP contribution < -0.4 is 0 Å². The molecule has 0 aromatic heterocycles. The van der Waals surface area contributed by atoms with Crippen LogP contribution >= 0.6 is 22.6 Å². The summed E-state index contributed by atoms with van der Waals surface area (Å²) in [5.41, 5.74) is 3.72. The van der Waals surface area contributed by atoms with E-state index in [9.17, 15) is 0 Å². The zero-order chi connectivity index (χ0) is 15.3. The second-order valence-corrected chi connectivity index (χ2v) is 9.45. The molecule has 1 aromatic carbocycles. The van der Waals surface area contributed by atoms with Gasteiger partial charge in [0.1, 0.15) is 13.1 Å². The largest absolute Gasteiger partial charge is 0.321 e. The van der Waals surface area contributed by atoms with Crippen LogP contribution in [0.4, 0.5) is 0 Å². The molecule has 3 aliphatic carbocycles. The molecule has 2 atom stereocenters. The van der Waals surface area contributed by atoms with E-state index in [-0.39, 0.29) is 0 Å². The topological polar surface area (TPSA) is 0 Å². The van der Waals surface area contributed by atoms with E-state index < -0.39 is 0 Å². The van der Waals surface area contributed by atoms with Gasteiger partial charge in [-0.15, -0.1) is 0 Å². The van der Waals surface area contributed by atoms with Gasteiger partial charge < -0.3 is 4.48 Å². The summed E-state index contributed by atoms with van der Waals surface area (Å²) in [6.45, 7) is 7.26. The highest BCUT2D eigenvalue weighted by Crippen LogP contribution is 2.59. The van der Waals surface area contributed by atoms with Gasteiger partial charge in [0, 0.05) is 9.13 Å². The van der Waals surface area contributed by atoms with Crippen molar-refractivity contribution in [2.24, 2.45) is 17.3 Å². The zero-order valence-corrected chi connectivity index (χ0v) is 15.9. The Morgan fingerprint density at radius 1 is 1.14 bits per heavy atom. The van der Waals surface area contributed by atoms with Crippen molar-refractivity contribution in [1.29, 1.82) is 0 Å². The lowest BCUT2D eigenvalue weighted by Crippen LogP contribution is -2.52. The van der Waals surface area contributed by atoms with E-state index in [1.165, 1.54) is 28.5 Å². The molecule has 1 aromatic rings. The Morgan fingerprint density at radius 2 is 1.81 bits per heavy atom. The van der Waals surface area contributed by atoms with E-state index in [4.69, 9.17) is 0 Å². The van der Waals surface area contributed by atoms with Crippen molar-refractivity contribution in [3.63, 3.8) is 0 Å². The minimum atomic E-state index is 0.549. The van der Waals surface area contributed by atoms with Gasteiger partial charge in [0.25, 0.3) is 0 Å². The molecule has 1 fully saturated rings. The van der Waals surface area contributed by atoms with Gasteiger partial charge in [0.15, 0.2) is 0 Å². The normalized spacial score (nSPS) is 27.0. The van der Waals surface area contributed by atoms with Crippen LogP contribution in [-0.2, 0) is 6.54 Å². The number of fused-ring (bicyclic) bond motifs is 1. The van der Waals surface area contributed by atoms with Crippen molar-refractivity contribution < 1.29 is 4.48 Å². The number of halogens is 1. The van der Waals surface area contributed by atoms with Crippen LogP contribution in [0.3, 0.4) is 0 Å². The minimum Gasteiger partial charge on any atom is -0.321 e. The number of hydrogen-bond acceptors (Lipinski definition) is 0. The van der Waals surface area contributed by atoms with E-state index in [1.54, 1.807) is 5.57 Å². The molecule has 0 heterocycles. The molecule has 3 aliphatic rings. The van der Waals surface area contributed by atoms with Gasteiger partial charge in [-0.25, -0.2) is 0 Å². The summed E-state index contributed by atoms with van der Waals surface area (Å²) in [5.74, 6) is 1.78. The second-order valence-electron chi connectivity index (χ2n) is 8.20. The molecule has 21 heavy (non-hydrogen) atoms. The quantitative estimate of drug-likeness (QED) is 0.387. The highest BCUT2D eigenvalue weighted by Gasteiger charge is 2.52. The summed E-state index contributed by atoms with van der Waals surface area (Å²) in [4.78, 5) is 0. The molecule has 2 unspecified atom stereocenters. The van der Waals surface area contributed by atoms with E-state index in [1.807, 2.05) is 0 Å². The Morgan fingerprint density at radius 3 is 2.38 bits per heavy atom. The summed E-state index contributed by atoms with van der Waals surface area (Å²) in [6, 6.07) is 8.99. The van der Waals surface area contributed by atoms with Gasteiger partial charge >= 0.3 is 0 Å². The standard InChI is InChI=1S/C19H27IN/c1-19(2)16-8-7-15(18(19)11-16)13-21(3,4)12-14-5-9-17(20)10-6-14/h5-7,9-10,16,18H,8,11-13H2,1-4H3/q+1. The lowest BCUT2D eigenvalue weighted by Gasteiger charge is -2.57. The molecule has 4 rings (SSSR count). The third-order valence-electron chi connectivity index (χ3n) is 5.72. The van der Waals surface area contributed by atoms with Crippen molar-refractivity contribution in [2.45, 2.75) is 33.2 Å². The van der Waals surface area contributed by atoms with Crippen molar-refractivity contribution in [2.75, 3.05) is 20.6 Å². The van der Waals surface area contributed by atoms with Crippen LogP contribution in [0.2, 0.25) is 0 Å². The summed E-state index contributed by atoms with van der Waals surface area (Å²) >= 11 is 2.38. The Labute approximate surface area is 143 Å². The Balaban J connectivity index is 1.69. The van der Waals surface area contributed by atoms with Gasteiger partial charge in [0.2, 0.25) is 0 Å². The molecule has 0 spiro atoms. The monoisotopic (exact) mass is 396 g/mol. The van der Waals surface area contributed by atoms with Gasteiger partial charge in [-0.3, -0.25) is 0 Å². The second kappa shape index (κ2) is 5.38. The molecule has 0 amide bonds. The lowest BCUT2D eigenvalue weighted by atomic mass is 9.49. The third kappa shape index (κ3) is 3.07. The van der Waals surface area contributed by atoms with Crippen LogP contribution in [0.5, 0.6) is 0 Å². The lowest BCUT2D eigenvalue weighted by molar-refractivity contribution is -0.899. The van der Waals surface area contributed by atoms with Gasteiger partial charge in [-0.1, -0.05) is 32.1 Å². The van der Waals surface area contributed by atoms with Crippen molar-refractivity contribution in [3.05, 3.63) is 45.0 Å². The predicted molar refractivity (Wildman–Crippen MR) is 97.9 cm³/mol. The fourth-order valence-corrected chi connectivity index (χ4v) is 4.65. The fourth-order valence-electron chi connectivity index (χ4n) is 4.29. The number of nitrogens with zero attached hydrogens (tertiary/aromatic N) is 1. The van der Waals surface area contributed by atoms with E-state index in [0.717, 1.165) is 22.9 Å². The van der Waals surface area contributed by atoms with Crippen molar-refractivity contribution in [1.82, 2.24) is 0 Å². The fraction of sp³-hybridized carbons (Fsp3) is 0.579. The maximum absolute atomic E-state index is 2.55. The van der Waals surface area contributed by atoms with Crippen LogP contribution in [0, 0.1) is 20.8 Å². The van der Waals surface area contributed by atoms with Crippen molar-refractivity contribution in [3.8, 4) is 0 Å². The SMILES string of the molecule is CC1(C)C2CC=C(C[N+](C)(C)Cc3ccc(I)cc3)C1C2. The first-order chi connectivity index (χ1) is 9.78. The average Bonchev–Trinajstić information content (AvgIpc) is 2.40. The molecular weight excluding hydrogens is 369 g/mol. The van der Waals surface area contributed by atoms with Crippen LogP contribution in [0.15, 0.2) is 35.9 Å². The van der Waals surface area contributed by atoms with Crippen LogP contribution in [0.1, 0.15) is 32.3 Å². The number of likely N-dealkylation sites (N-methyl/N-ethyl adjacent to an activating group) is 1. The first kappa shape index (κ1) is 15.5. The number of allylic oxidation sites excluding steroid dienone is 1. The van der Waals surface area contributed by atoms with E-state index in [0.29, 0.717) is 5.41 Å². The zero-order valence-electron chi connectivity index (χ0n) is 13.7. The summed E-state index contributed by atoms with van der Waals surface area (Å²) in [5, 5.41) is 0. The maximum atomic E-state index is 2.55. The molecule has 114 valence electrons. The van der Waals surface area contributed by atoms with Gasteiger partial charge in [-0.05, 0) is 70.4 Å². The summed E-state index contributed by atoms with van der Waals surface area (Å²) in [6.07, 6.45) is 5.29.